The van der Waals surface area contributed by atoms with Crippen molar-refractivity contribution in [3.05, 3.63) is 24.5 Å². The summed E-state index contributed by atoms with van der Waals surface area (Å²) in [4.78, 5) is 21.1. The molecule has 3 aliphatic rings. The Hall–Kier alpha value is -1.42. The minimum Gasteiger partial charge on any atom is -0.310 e. The van der Waals surface area contributed by atoms with Crippen molar-refractivity contribution >= 4 is 11.6 Å². The molecule has 3 heterocycles. The van der Waals surface area contributed by atoms with E-state index in [9.17, 15) is 4.79 Å². The molecule has 0 N–H and O–H groups in total. The number of fused-ring (bicyclic) bond motifs is 1. The van der Waals surface area contributed by atoms with Gasteiger partial charge < -0.3 is 9.80 Å². The molecule has 100 valence electrons. The smallest absolute Gasteiger partial charge is 0.231 e. The molecule has 4 rings (SSSR count). The summed E-state index contributed by atoms with van der Waals surface area (Å²) in [5.41, 5.74) is 0.954. The standard InChI is InChI=1S/C15H19N3O/c19-15-14-10-17(7-11-3-4-11)8-12(14)9-18(15)13-2-1-5-16-6-13/h1-2,5-6,11-12,14H,3-4,7-10H2/t12-,14-/m1/s1. The van der Waals surface area contributed by atoms with Crippen LogP contribution >= 0.6 is 0 Å². The Labute approximate surface area is 113 Å². The van der Waals surface area contributed by atoms with Crippen LogP contribution in [0.5, 0.6) is 0 Å². The zero-order chi connectivity index (χ0) is 12.8. The predicted molar refractivity (Wildman–Crippen MR) is 72.7 cm³/mol. The second-order valence-electron chi connectivity index (χ2n) is 6.19. The summed E-state index contributed by atoms with van der Waals surface area (Å²) in [7, 11) is 0. The van der Waals surface area contributed by atoms with E-state index in [4.69, 9.17) is 0 Å². The lowest BCUT2D eigenvalue weighted by atomic mass is 10.0. The molecule has 2 saturated heterocycles. The summed E-state index contributed by atoms with van der Waals surface area (Å²) in [6.07, 6.45) is 6.33. The summed E-state index contributed by atoms with van der Waals surface area (Å²) < 4.78 is 0. The number of rotatable bonds is 3. The van der Waals surface area contributed by atoms with Crippen molar-refractivity contribution in [1.29, 1.82) is 0 Å². The summed E-state index contributed by atoms with van der Waals surface area (Å²) in [6.45, 7) is 4.16. The second-order valence-corrected chi connectivity index (χ2v) is 6.19. The molecular formula is C15H19N3O. The van der Waals surface area contributed by atoms with Crippen molar-refractivity contribution in [3.8, 4) is 0 Å². The molecule has 0 spiro atoms. The summed E-state index contributed by atoms with van der Waals surface area (Å²) >= 11 is 0. The molecule has 0 radical (unpaired) electrons. The van der Waals surface area contributed by atoms with Gasteiger partial charge in [0.25, 0.3) is 0 Å². The normalized spacial score (nSPS) is 30.9. The molecule has 2 atom stereocenters. The fourth-order valence-corrected chi connectivity index (χ4v) is 3.51. The SMILES string of the molecule is O=C1[C@@H]2CN(CC3CC3)C[C@@H]2CN1c1cccnc1. The maximum atomic E-state index is 12.5. The highest BCUT2D eigenvalue weighted by Crippen LogP contribution is 2.37. The molecule has 1 aromatic rings. The summed E-state index contributed by atoms with van der Waals surface area (Å²) in [6, 6.07) is 3.88. The van der Waals surface area contributed by atoms with E-state index in [2.05, 4.69) is 9.88 Å². The van der Waals surface area contributed by atoms with Gasteiger partial charge in [-0.15, -0.1) is 0 Å². The van der Waals surface area contributed by atoms with Crippen LogP contribution in [0.15, 0.2) is 24.5 Å². The van der Waals surface area contributed by atoms with Gasteiger partial charge in [0.1, 0.15) is 0 Å². The average molecular weight is 257 g/mol. The Balaban J connectivity index is 1.46. The quantitative estimate of drug-likeness (QED) is 0.821. The molecule has 1 amide bonds. The third kappa shape index (κ3) is 2.04. The van der Waals surface area contributed by atoms with Crippen LogP contribution in [0.2, 0.25) is 0 Å². The number of likely N-dealkylation sites (tertiary alicyclic amines) is 1. The van der Waals surface area contributed by atoms with Crippen LogP contribution in [-0.2, 0) is 4.79 Å². The largest absolute Gasteiger partial charge is 0.310 e. The lowest BCUT2D eigenvalue weighted by Gasteiger charge is -2.21. The minimum absolute atomic E-state index is 0.221. The zero-order valence-electron chi connectivity index (χ0n) is 11.0. The van der Waals surface area contributed by atoms with E-state index in [0.717, 1.165) is 31.2 Å². The van der Waals surface area contributed by atoms with Crippen molar-refractivity contribution in [2.75, 3.05) is 31.1 Å². The van der Waals surface area contributed by atoms with Crippen LogP contribution in [-0.4, -0.2) is 42.0 Å². The highest BCUT2D eigenvalue weighted by Gasteiger charge is 2.47. The summed E-state index contributed by atoms with van der Waals surface area (Å²) in [5, 5.41) is 0. The first-order valence-corrected chi connectivity index (χ1v) is 7.25. The van der Waals surface area contributed by atoms with Crippen molar-refractivity contribution in [2.24, 2.45) is 17.8 Å². The van der Waals surface area contributed by atoms with E-state index >= 15 is 0 Å². The Morgan fingerprint density at radius 2 is 2.16 bits per heavy atom. The maximum Gasteiger partial charge on any atom is 0.231 e. The van der Waals surface area contributed by atoms with Crippen molar-refractivity contribution in [3.63, 3.8) is 0 Å². The van der Waals surface area contributed by atoms with Gasteiger partial charge in [-0.1, -0.05) is 0 Å². The number of hydrogen-bond donors (Lipinski definition) is 0. The van der Waals surface area contributed by atoms with Crippen LogP contribution in [0.3, 0.4) is 0 Å². The Bertz CT molecular complexity index is 485. The number of amides is 1. The lowest BCUT2D eigenvalue weighted by molar-refractivity contribution is -0.120. The van der Waals surface area contributed by atoms with Crippen LogP contribution < -0.4 is 4.90 Å². The third-order valence-electron chi connectivity index (χ3n) is 4.69. The Morgan fingerprint density at radius 3 is 2.84 bits per heavy atom. The molecule has 3 fully saturated rings. The van der Waals surface area contributed by atoms with Gasteiger partial charge in [0.15, 0.2) is 0 Å². The van der Waals surface area contributed by atoms with Gasteiger partial charge >= 0.3 is 0 Å². The molecule has 1 saturated carbocycles. The highest BCUT2D eigenvalue weighted by molar-refractivity contribution is 5.97. The van der Waals surface area contributed by atoms with Crippen LogP contribution in [0, 0.1) is 17.8 Å². The van der Waals surface area contributed by atoms with Gasteiger partial charge in [-0.3, -0.25) is 9.78 Å². The van der Waals surface area contributed by atoms with Gasteiger partial charge in [-0.05, 0) is 30.9 Å². The fourth-order valence-electron chi connectivity index (χ4n) is 3.51. The van der Waals surface area contributed by atoms with Gasteiger partial charge in [0.2, 0.25) is 5.91 Å². The van der Waals surface area contributed by atoms with E-state index in [1.807, 2.05) is 17.0 Å². The summed E-state index contributed by atoms with van der Waals surface area (Å²) in [5.74, 6) is 1.96. The number of aromatic nitrogens is 1. The van der Waals surface area contributed by atoms with Crippen LogP contribution in [0.25, 0.3) is 0 Å². The number of carbonyl (C=O) groups excluding carboxylic acids is 1. The van der Waals surface area contributed by atoms with Gasteiger partial charge in [0, 0.05) is 38.3 Å². The molecule has 1 aromatic heterocycles. The molecule has 4 heteroatoms. The number of carbonyl (C=O) groups is 1. The van der Waals surface area contributed by atoms with Crippen molar-refractivity contribution in [1.82, 2.24) is 9.88 Å². The molecule has 4 nitrogen and oxygen atoms in total. The molecule has 0 bridgehead atoms. The first-order chi connectivity index (χ1) is 9.31. The van der Waals surface area contributed by atoms with Crippen molar-refractivity contribution in [2.45, 2.75) is 12.8 Å². The van der Waals surface area contributed by atoms with Gasteiger partial charge in [0.05, 0.1) is 17.8 Å². The Kier molecular flexibility index (Phi) is 2.58. The van der Waals surface area contributed by atoms with Crippen LogP contribution in [0.1, 0.15) is 12.8 Å². The average Bonchev–Trinajstić information content (AvgIpc) is 3.07. The third-order valence-corrected chi connectivity index (χ3v) is 4.69. The number of pyridine rings is 1. The first-order valence-electron chi connectivity index (χ1n) is 7.25. The van der Waals surface area contributed by atoms with Crippen LogP contribution in [0.4, 0.5) is 5.69 Å². The molecule has 19 heavy (non-hydrogen) atoms. The van der Waals surface area contributed by atoms with E-state index in [1.54, 1.807) is 12.4 Å². The predicted octanol–water partition coefficient (Wildman–Crippen LogP) is 1.39. The van der Waals surface area contributed by atoms with E-state index in [1.165, 1.54) is 19.4 Å². The minimum atomic E-state index is 0.221. The zero-order valence-corrected chi connectivity index (χ0v) is 11.0. The second kappa shape index (κ2) is 4.30. The highest BCUT2D eigenvalue weighted by atomic mass is 16.2. The number of hydrogen-bond acceptors (Lipinski definition) is 3. The van der Waals surface area contributed by atoms with E-state index < -0.39 is 0 Å². The number of anilines is 1. The molecule has 2 aliphatic heterocycles. The molecular weight excluding hydrogens is 238 g/mol. The van der Waals surface area contributed by atoms with Gasteiger partial charge in [-0.2, -0.15) is 0 Å². The monoisotopic (exact) mass is 257 g/mol. The molecule has 0 unspecified atom stereocenters. The number of nitrogens with zero attached hydrogens (tertiary/aromatic N) is 3. The first kappa shape index (κ1) is 11.4. The Morgan fingerprint density at radius 1 is 1.26 bits per heavy atom. The van der Waals surface area contributed by atoms with E-state index in [-0.39, 0.29) is 5.92 Å². The lowest BCUT2D eigenvalue weighted by Crippen LogP contribution is -2.33. The fraction of sp³-hybridized carbons (Fsp3) is 0.600. The maximum absolute atomic E-state index is 12.5. The van der Waals surface area contributed by atoms with Crippen molar-refractivity contribution < 1.29 is 4.79 Å². The van der Waals surface area contributed by atoms with Gasteiger partial charge in [-0.25, -0.2) is 0 Å². The van der Waals surface area contributed by atoms with E-state index in [0.29, 0.717) is 11.8 Å². The molecule has 0 aromatic carbocycles. The molecule has 1 aliphatic carbocycles. The topological polar surface area (TPSA) is 36.4 Å².